The number of nitrogens with zero attached hydrogens (tertiary/aromatic N) is 3. The van der Waals surface area contributed by atoms with Crippen LogP contribution in [0.1, 0.15) is 38.7 Å². The van der Waals surface area contributed by atoms with Crippen LogP contribution in [-0.2, 0) is 0 Å². The second-order valence-corrected chi connectivity index (χ2v) is 5.48. The first-order chi connectivity index (χ1) is 9.52. The van der Waals surface area contributed by atoms with Crippen LogP contribution >= 0.6 is 0 Å². The Morgan fingerprint density at radius 1 is 1.50 bits per heavy atom. The number of rotatable bonds is 3. The van der Waals surface area contributed by atoms with Crippen LogP contribution in [0, 0.1) is 33.3 Å². The van der Waals surface area contributed by atoms with Gasteiger partial charge in [-0.2, -0.15) is 5.26 Å². The summed E-state index contributed by atoms with van der Waals surface area (Å²) in [6, 6.07) is 3.51. The number of hydrogen-bond acceptors (Lipinski definition) is 5. The minimum Gasteiger partial charge on any atom is -0.366 e. The van der Waals surface area contributed by atoms with Crippen LogP contribution in [0.15, 0.2) is 12.3 Å². The molecule has 1 fully saturated rings. The van der Waals surface area contributed by atoms with Gasteiger partial charge in [0.05, 0.1) is 4.92 Å². The summed E-state index contributed by atoms with van der Waals surface area (Å²) in [6.07, 6.45) is 4.60. The monoisotopic (exact) mass is 274 g/mol. The summed E-state index contributed by atoms with van der Waals surface area (Å²) in [7, 11) is 0. The third-order valence-corrected chi connectivity index (χ3v) is 4.23. The predicted molar refractivity (Wildman–Crippen MR) is 75.2 cm³/mol. The van der Waals surface area contributed by atoms with E-state index in [1.807, 2.05) is 6.07 Å². The highest BCUT2D eigenvalue weighted by atomic mass is 16.6. The summed E-state index contributed by atoms with van der Waals surface area (Å²) in [5, 5.41) is 23.1. The lowest BCUT2D eigenvalue weighted by Crippen LogP contribution is -2.35. The predicted octanol–water partition coefficient (Wildman–Crippen LogP) is 3.10. The Morgan fingerprint density at radius 2 is 2.25 bits per heavy atom. The van der Waals surface area contributed by atoms with Crippen LogP contribution in [0.25, 0.3) is 0 Å². The van der Waals surface area contributed by atoms with Gasteiger partial charge >= 0.3 is 0 Å². The summed E-state index contributed by atoms with van der Waals surface area (Å²) < 4.78 is 0. The molecule has 2 rings (SSSR count). The standard InChI is InChI=1S/C14H18N4O2/c1-9-4-3-5-13(10(9)2)17-14-11(7-15)6-12(8-16-14)18(19)20/h6,8-10,13H,3-5H2,1-2H3,(H,16,17). The normalized spacial score (nSPS) is 25.8. The zero-order valence-electron chi connectivity index (χ0n) is 11.7. The van der Waals surface area contributed by atoms with Gasteiger partial charge in [-0.1, -0.05) is 26.7 Å². The molecule has 0 radical (unpaired) electrons. The minimum absolute atomic E-state index is 0.155. The Morgan fingerprint density at radius 3 is 2.90 bits per heavy atom. The summed E-state index contributed by atoms with van der Waals surface area (Å²) in [5.74, 6) is 1.57. The Balaban J connectivity index is 2.21. The third kappa shape index (κ3) is 2.87. The van der Waals surface area contributed by atoms with Gasteiger partial charge in [0.15, 0.2) is 0 Å². The fourth-order valence-corrected chi connectivity index (χ4v) is 2.72. The lowest BCUT2D eigenvalue weighted by molar-refractivity contribution is -0.385. The molecule has 20 heavy (non-hydrogen) atoms. The van der Waals surface area contributed by atoms with E-state index in [0.29, 0.717) is 17.7 Å². The molecule has 0 saturated heterocycles. The average molecular weight is 274 g/mol. The highest BCUT2D eigenvalue weighted by Crippen LogP contribution is 2.32. The van der Waals surface area contributed by atoms with Crippen LogP contribution in [0.5, 0.6) is 0 Å². The van der Waals surface area contributed by atoms with Crippen molar-refractivity contribution in [3.8, 4) is 6.07 Å². The molecule has 0 bridgehead atoms. The molecule has 6 nitrogen and oxygen atoms in total. The maximum absolute atomic E-state index is 10.7. The number of hydrogen-bond donors (Lipinski definition) is 1. The van der Waals surface area contributed by atoms with Gasteiger partial charge in [-0.15, -0.1) is 0 Å². The molecular weight excluding hydrogens is 256 g/mol. The molecule has 0 spiro atoms. The summed E-state index contributed by atoms with van der Waals surface area (Å²) in [6.45, 7) is 4.42. The molecule has 3 atom stereocenters. The molecule has 3 unspecified atom stereocenters. The van der Waals surface area contributed by atoms with Crippen molar-refractivity contribution >= 4 is 11.5 Å². The molecular formula is C14H18N4O2. The molecule has 6 heteroatoms. The van der Waals surface area contributed by atoms with Gasteiger partial charge in [0.2, 0.25) is 0 Å². The lowest BCUT2D eigenvalue weighted by Gasteiger charge is -2.35. The number of pyridine rings is 1. The van der Waals surface area contributed by atoms with Crippen LogP contribution in [0.3, 0.4) is 0 Å². The van der Waals surface area contributed by atoms with Gasteiger partial charge in [0.1, 0.15) is 23.6 Å². The quantitative estimate of drug-likeness (QED) is 0.675. The van der Waals surface area contributed by atoms with Crippen molar-refractivity contribution in [3.05, 3.63) is 27.9 Å². The summed E-state index contributed by atoms with van der Waals surface area (Å²) in [5.41, 5.74) is 0.0711. The fraction of sp³-hybridized carbons (Fsp3) is 0.571. The van der Waals surface area contributed by atoms with Gasteiger partial charge in [-0.3, -0.25) is 10.1 Å². The van der Waals surface area contributed by atoms with Crippen LogP contribution in [0.4, 0.5) is 11.5 Å². The summed E-state index contributed by atoms with van der Waals surface area (Å²) >= 11 is 0. The average Bonchev–Trinajstić information content (AvgIpc) is 2.44. The Bertz CT molecular complexity index is 553. The molecule has 1 aliphatic carbocycles. The van der Waals surface area contributed by atoms with Crippen molar-refractivity contribution in [2.75, 3.05) is 5.32 Å². The molecule has 1 saturated carbocycles. The van der Waals surface area contributed by atoms with Crippen molar-refractivity contribution in [1.82, 2.24) is 4.98 Å². The molecule has 1 N–H and O–H groups in total. The minimum atomic E-state index is -0.539. The second kappa shape index (κ2) is 5.87. The van der Waals surface area contributed by atoms with E-state index in [-0.39, 0.29) is 17.3 Å². The SMILES string of the molecule is CC1CCCC(Nc2ncc([N+](=O)[O-])cc2C#N)C1C. The largest absolute Gasteiger partial charge is 0.366 e. The van der Waals surface area contributed by atoms with E-state index in [2.05, 4.69) is 24.1 Å². The maximum Gasteiger partial charge on any atom is 0.289 e. The fourth-order valence-electron chi connectivity index (χ4n) is 2.72. The van der Waals surface area contributed by atoms with Crippen LogP contribution < -0.4 is 5.32 Å². The van der Waals surface area contributed by atoms with Crippen molar-refractivity contribution in [2.24, 2.45) is 11.8 Å². The molecule has 0 aromatic carbocycles. The molecule has 0 amide bonds. The molecule has 0 aliphatic heterocycles. The number of nitriles is 1. The third-order valence-electron chi connectivity index (χ3n) is 4.23. The van der Waals surface area contributed by atoms with Crippen LogP contribution in [0.2, 0.25) is 0 Å². The van der Waals surface area contributed by atoms with Crippen molar-refractivity contribution in [1.29, 1.82) is 5.26 Å². The molecule has 1 aliphatic rings. The Kier molecular flexibility index (Phi) is 4.18. The Hall–Kier alpha value is -2.16. The highest BCUT2D eigenvalue weighted by Gasteiger charge is 2.28. The number of nitrogens with one attached hydrogen (secondary N) is 1. The van der Waals surface area contributed by atoms with E-state index in [1.54, 1.807) is 0 Å². The van der Waals surface area contributed by atoms with Crippen molar-refractivity contribution in [2.45, 2.75) is 39.2 Å². The Labute approximate surface area is 118 Å². The molecule has 1 aromatic heterocycles. The van der Waals surface area contributed by atoms with Crippen molar-refractivity contribution < 1.29 is 4.92 Å². The molecule has 1 aromatic rings. The lowest BCUT2D eigenvalue weighted by atomic mass is 9.78. The summed E-state index contributed by atoms with van der Waals surface area (Å²) in [4.78, 5) is 14.2. The molecule has 106 valence electrons. The highest BCUT2D eigenvalue weighted by molar-refractivity contribution is 5.56. The van der Waals surface area contributed by atoms with Gasteiger partial charge in [-0.05, 0) is 18.3 Å². The smallest absolute Gasteiger partial charge is 0.289 e. The zero-order valence-corrected chi connectivity index (χ0v) is 11.7. The number of nitro groups is 1. The van der Waals surface area contributed by atoms with E-state index in [9.17, 15) is 10.1 Å². The van der Waals surface area contributed by atoms with Gasteiger partial charge in [-0.25, -0.2) is 4.98 Å². The van der Waals surface area contributed by atoms with E-state index >= 15 is 0 Å². The van der Waals surface area contributed by atoms with Gasteiger partial charge < -0.3 is 5.32 Å². The van der Waals surface area contributed by atoms with Crippen LogP contribution in [-0.4, -0.2) is 15.9 Å². The maximum atomic E-state index is 10.7. The van der Waals surface area contributed by atoms with Gasteiger partial charge in [0.25, 0.3) is 5.69 Å². The first-order valence-electron chi connectivity index (χ1n) is 6.84. The first kappa shape index (κ1) is 14.3. The van der Waals surface area contributed by atoms with E-state index in [0.717, 1.165) is 12.8 Å². The molecule has 1 heterocycles. The van der Waals surface area contributed by atoms with E-state index in [1.165, 1.54) is 18.7 Å². The van der Waals surface area contributed by atoms with E-state index < -0.39 is 4.92 Å². The number of aromatic nitrogens is 1. The zero-order chi connectivity index (χ0) is 14.7. The van der Waals surface area contributed by atoms with E-state index in [4.69, 9.17) is 5.26 Å². The number of anilines is 1. The first-order valence-corrected chi connectivity index (χ1v) is 6.84. The topological polar surface area (TPSA) is 91.8 Å². The second-order valence-electron chi connectivity index (χ2n) is 5.48. The van der Waals surface area contributed by atoms with Gasteiger partial charge in [0, 0.05) is 12.1 Å². The van der Waals surface area contributed by atoms with Crippen molar-refractivity contribution in [3.63, 3.8) is 0 Å².